The molecule has 11 aromatic rings. The molecule has 0 aliphatic rings. The van der Waals surface area contributed by atoms with Crippen LogP contribution in [0.4, 0.5) is 17.1 Å². The van der Waals surface area contributed by atoms with Crippen LogP contribution >= 0.6 is 11.3 Å². The molecule has 0 saturated carbocycles. The van der Waals surface area contributed by atoms with Gasteiger partial charge >= 0.3 is 0 Å². The van der Waals surface area contributed by atoms with Gasteiger partial charge in [-0.15, -0.1) is 11.3 Å². The highest BCUT2D eigenvalue weighted by Gasteiger charge is 2.20. The highest BCUT2D eigenvalue weighted by atomic mass is 32.1. The van der Waals surface area contributed by atoms with E-state index in [9.17, 15) is 0 Å². The molecular formula is C48H31N3S. The average molecular weight is 682 g/mol. The van der Waals surface area contributed by atoms with Gasteiger partial charge in [0.2, 0.25) is 0 Å². The first-order valence-electron chi connectivity index (χ1n) is 17.7. The molecule has 0 saturated heterocycles. The molecule has 0 bridgehead atoms. The smallest absolute Gasteiger partial charge is 0.0640 e. The van der Waals surface area contributed by atoms with E-state index in [1.54, 1.807) is 0 Å². The zero-order chi connectivity index (χ0) is 34.2. The van der Waals surface area contributed by atoms with E-state index in [1.807, 2.05) is 11.3 Å². The molecule has 0 unspecified atom stereocenters. The van der Waals surface area contributed by atoms with E-state index >= 15 is 0 Å². The van der Waals surface area contributed by atoms with Crippen molar-refractivity contribution in [3.05, 3.63) is 188 Å². The molecule has 244 valence electrons. The number of thiophene rings is 1. The second kappa shape index (κ2) is 11.5. The van der Waals surface area contributed by atoms with Gasteiger partial charge < -0.3 is 14.0 Å². The Morgan fingerprint density at radius 3 is 1.56 bits per heavy atom. The number of fused-ring (bicyclic) bond motifs is 9. The maximum absolute atomic E-state index is 2.47. The minimum Gasteiger partial charge on any atom is -0.310 e. The Bertz CT molecular complexity index is 3080. The van der Waals surface area contributed by atoms with Crippen molar-refractivity contribution in [1.29, 1.82) is 0 Å². The summed E-state index contributed by atoms with van der Waals surface area (Å²) in [7, 11) is 0. The standard InChI is InChI=1S/C48H31N3S/c1-2-13-32(14-3-1)49(33-25-27-34(28-26-33)50-42-20-8-4-15-36(42)37-16-5-9-21-43(37)50)35-29-30-39-38-17-6-10-22-44(38)51(46(39)31-35)45-23-12-19-41-40-18-7-11-24-47(40)52-48(41)45/h1-31H. The number of nitrogens with zero attached hydrogens (tertiary/aromatic N) is 3. The van der Waals surface area contributed by atoms with Crippen LogP contribution in [0.5, 0.6) is 0 Å². The molecule has 4 heteroatoms. The average Bonchev–Trinajstić information content (AvgIpc) is 3.87. The van der Waals surface area contributed by atoms with Gasteiger partial charge in [-0.3, -0.25) is 0 Å². The normalized spacial score (nSPS) is 11.8. The summed E-state index contributed by atoms with van der Waals surface area (Å²) < 4.78 is 7.46. The lowest BCUT2D eigenvalue weighted by molar-refractivity contribution is 1.17. The van der Waals surface area contributed by atoms with Gasteiger partial charge in [0.05, 0.1) is 32.5 Å². The van der Waals surface area contributed by atoms with Gasteiger partial charge in [0.25, 0.3) is 0 Å². The number of benzene rings is 8. The van der Waals surface area contributed by atoms with Gasteiger partial charge in [-0.2, -0.15) is 0 Å². The van der Waals surface area contributed by atoms with Crippen molar-refractivity contribution in [2.24, 2.45) is 0 Å². The fourth-order valence-corrected chi connectivity index (χ4v) is 9.45. The molecule has 0 amide bonds. The second-order valence-corrected chi connectivity index (χ2v) is 14.4. The first-order valence-corrected chi connectivity index (χ1v) is 18.5. The lowest BCUT2D eigenvalue weighted by Gasteiger charge is -2.26. The number of hydrogen-bond acceptors (Lipinski definition) is 2. The molecule has 52 heavy (non-hydrogen) atoms. The number of aromatic nitrogens is 2. The first-order chi connectivity index (χ1) is 25.8. The van der Waals surface area contributed by atoms with Crippen molar-refractivity contribution in [1.82, 2.24) is 9.13 Å². The van der Waals surface area contributed by atoms with E-state index in [4.69, 9.17) is 0 Å². The molecule has 0 spiro atoms. The minimum atomic E-state index is 1.10. The predicted molar refractivity (Wildman–Crippen MR) is 223 cm³/mol. The van der Waals surface area contributed by atoms with E-state index in [2.05, 4.69) is 202 Å². The monoisotopic (exact) mass is 681 g/mol. The van der Waals surface area contributed by atoms with Crippen LogP contribution in [0.2, 0.25) is 0 Å². The summed E-state index contributed by atoms with van der Waals surface area (Å²) in [5.74, 6) is 0. The van der Waals surface area contributed by atoms with Crippen molar-refractivity contribution < 1.29 is 0 Å². The van der Waals surface area contributed by atoms with E-state index < -0.39 is 0 Å². The van der Waals surface area contributed by atoms with Gasteiger partial charge in [0.1, 0.15) is 0 Å². The van der Waals surface area contributed by atoms with Crippen molar-refractivity contribution >= 4 is 92.2 Å². The van der Waals surface area contributed by atoms with Crippen LogP contribution in [0.1, 0.15) is 0 Å². The Labute approximate surface area is 304 Å². The Kier molecular flexibility index (Phi) is 6.42. The molecule has 0 radical (unpaired) electrons. The maximum atomic E-state index is 2.47. The topological polar surface area (TPSA) is 13.1 Å². The number of para-hydroxylation sites is 4. The van der Waals surface area contributed by atoms with Crippen LogP contribution in [0, 0.1) is 0 Å². The SMILES string of the molecule is c1ccc(N(c2ccc(-n3c4ccccc4c4ccccc43)cc2)c2ccc3c4ccccc4n(-c4cccc5c4sc4ccccc45)c3c2)cc1. The van der Waals surface area contributed by atoms with Crippen LogP contribution in [0.25, 0.3) is 75.2 Å². The molecular weight excluding hydrogens is 651 g/mol. The van der Waals surface area contributed by atoms with Crippen molar-refractivity contribution in [3.8, 4) is 11.4 Å². The van der Waals surface area contributed by atoms with Crippen LogP contribution < -0.4 is 4.90 Å². The Hall–Kier alpha value is -6.62. The summed E-state index contributed by atoms with van der Waals surface area (Å²) in [6.07, 6.45) is 0. The zero-order valence-corrected chi connectivity index (χ0v) is 29.0. The fraction of sp³-hybridized carbons (Fsp3) is 0. The third kappa shape index (κ3) is 4.31. The second-order valence-electron chi connectivity index (χ2n) is 13.4. The molecule has 0 aliphatic carbocycles. The number of rotatable bonds is 5. The summed E-state index contributed by atoms with van der Waals surface area (Å²) in [5, 5.41) is 7.64. The molecule has 3 nitrogen and oxygen atoms in total. The van der Waals surface area contributed by atoms with E-state index in [-0.39, 0.29) is 0 Å². The lowest BCUT2D eigenvalue weighted by atomic mass is 10.1. The summed E-state index contributed by atoms with van der Waals surface area (Å²) in [6.45, 7) is 0. The summed E-state index contributed by atoms with van der Waals surface area (Å²) in [6, 6.07) is 68.3. The molecule has 0 aliphatic heterocycles. The largest absolute Gasteiger partial charge is 0.310 e. The zero-order valence-electron chi connectivity index (χ0n) is 28.1. The quantitative estimate of drug-likeness (QED) is 0.176. The molecule has 0 fully saturated rings. The first kappa shape index (κ1) is 29.1. The van der Waals surface area contributed by atoms with Gasteiger partial charge in [-0.25, -0.2) is 0 Å². The van der Waals surface area contributed by atoms with Crippen molar-refractivity contribution in [3.63, 3.8) is 0 Å². The van der Waals surface area contributed by atoms with E-state index in [0.29, 0.717) is 0 Å². The van der Waals surface area contributed by atoms with Gasteiger partial charge in [0.15, 0.2) is 0 Å². The van der Waals surface area contributed by atoms with Gasteiger partial charge in [-0.1, -0.05) is 109 Å². The highest BCUT2D eigenvalue weighted by molar-refractivity contribution is 7.26. The van der Waals surface area contributed by atoms with Crippen LogP contribution in [0.15, 0.2) is 188 Å². The third-order valence-corrected chi connectivity index (χ3v) is 11.7. The molecule has 8 aromatic carbocycles. The Morgan fingerprint density at radius 1 is 0.346 bits per heavy atom. The number of hydrogen-bond donors (Lipinski definition) is 0. The molecule has 3 aromatic heterocycles. The fourth-order valence-electron chi connectivity index (χ4n) is 8.24. The lowest BCUT2D eigenvalue weighted by Crippen LogP contribution is -2.10. The van der Waals surface area contributed by atoms with Crippen LogP contribution in [-0.4, -0.2) is 9.13 Å². The summed E-state index contributed by atoms with van der Waals surface area (Å²) in [5.41, 5.74) is 10.5. The molecule has 3 heterocycles. The van der Waals surface area contributed by atoms with Gasteiger partial charge in [-0.05, 0) is 78.9 Å². The van der Waals surface area contributed by atoms with Crippen molar-refractivity contribution in [2.75, 3.05) is 4.90 Å². The third-order valence-electron chi connectivity index (χ3n) is 10.5. The van der Waals surface area contributed by atoms with Crippen LogP contribution in [0.3, 0.4) is 0 Å². The molecule has 0 atom stereocenters. The predicted octanol–water partition coefficient (Wildman–Crippen LogP) is 13.7. The summed E-state index contributed by atoms with van der Waals surface area (Å²) in [4.78, 5) is 2.37. The van der Waals surface area contributed by atoms with Crippen molar-refractivity contribution in [2.45, 2.75) is 0 Å². The van der Waals surface area contributed by atoms with E-state index in [0.717, 1.165) is 22.7 Å². The minimum absolute atomic E-state index is 1.10. The van der Waals surface area contributed by atoms with Crippen LogP contribution in [-0.2, 0) is 0 Å². The Balaban J connectivity index is 1.11. The number of anilines is 3. The molecule has 0 N–H and O–H groups in total. The molecule has 11 rings (SSSR count). The highest BCUT2D eigenvalue weighted by Crippen LogP contribution is 2.43. The Morgan fingerprint density at radius 2 is 0.865 bits per heavy atom. The van der Waals surface area contributed by atoms with E-state index in [1.165, 1.54) is 69.5 Å². The van der Waals surface area contributed by atoms with Gasteiger partial charge in [0, 0.05) is 59.8 Å². The maximum Gasteiger partial charge on any atom is 0.0640 e. The summed E-state index contributed by atoms with van der Waals surface area (Å²) >= 11 is 1.88.